The molecule has 10 rings (SSSR count). The van der Waals surface area contributed by atoms with Crippen LogP contribution in [0.4, 0.5) is 11.4 Å². The van der Waals surface area contributed by atoms with Gasteiger partial charge in [0.2, 0.25) is 5.78 Å². The number of amides is 1. The summed E-state index contributed by atoms with van der Waals surface area (Å²) in [6.45, 7) is 11.3. The van der Waals surface area contributed by atoms with Gasteiger partial charge in [0, 0.05) is 67.8 Å². The molecule has 6 fully saturated rings. The number of nitrogens with zero attached hydrogens (tertiary/aromatic N) is 4. The van der Waals surface area contributed by atoms with Gasteiger partial charge in [-0.3, -0.25) is 14.4 Å². The summed E-state index contributed by atoms with van der Waals surface area (Å²) in [5.41, 5.74) is 10.2. The van der Waals surface area contributed by atoms with E-state index in [1.807, 2.05) is 60.7 Å². The third-order valence-corrected chi connectivity index (χ3v) is 13.9. The smallest absolute Gasteiger partial charge is 0.377 e. The summed E-state index contributed by atoms with van der Waals surface area (Å²) in [4.78, 5) is 56.6. The number of hydrogen-bond acceptors (Lipinski definition) is 15. The normalized spacial score (nSPS) is 19.5. The molecule has 6 N–H and O–H groups in total. The van der Waals surface area contributed by atoms with Crippen molar-refractivity contribution in [3.05, 3.63) is 119 Å². The van der Waals surface area contributed by atoms with E-state index in [1.54, 1.807) is 36.4 Å². The maximum atomic E-state index is 13.0. The fourth-order valence-electron chi connectivity index (χ4n) is 9.33. The van der Waals surface area contributed by atoms with Crippen LogP contribution < -0.4 is 30.3 Å². The Bertz CT molecular complexity index is 2380. The molecule has 17 heteroatoms. The van der Waals surface area contributed by atoms with Gasteiger partial charge in [-0.15, -0.1) is 0 Å². The Balaban J connectivity index is 0.000000178. The van der Waals surface area contributed by atoms with E-state index in [9.17, 15) is 29.4 Å². The zero-order valence-corrected chi connectivity index (χ0v) is 41.7. The number of morpholine rings is 2. The summed E-state index contributed by atoms with van der Waals surface area (Å²) < 4.78 is 22.1. The Morgan fingerprint density at radius 1 is 0.554 bits per heavy atom. The number of ketones is 2. The highest BCUT2D eigenvalue weighted by atomic mass is 16.5. The first-order chi connectivity index (χ1) is 35.5. The van der Waals surface area contributed by atoms with E-state index in [2.05, 4.69) is 24.9 Å². The summed E-state index contributed by atoms with van der Waals surface area (Å²) in [6, 6.07) is 28.0. The van der Waals surface area contributed by atoms with Gasteiger partial charge in [-0.25, -0.2) is 4.79 Å². The van der Waals surface area contributed by atoms with Gasteiger partial charge in [0.1, 0.15) is 17.6 Å². The van der Waals surface area contributed by atoms with E-state index >= 15 is 0 Å². The standard InChI is InChI=1S/C28H35N3O5.C16H24N2O2.C12H13NO4.CH4/c32-26(20-5-9-23(10-6-20)36-24-11-12-24)25(19-30-13-1-2-14-30)29-28(34)27(33)21-3-7-22(8-4-21)31-15-17-35-18-16-31;17-15(11-18-9-1-2-10-18)16(19)12-3-5-13(6-4-12)20-14-7-8-14;14-11(12(15)16)9-1-3-10(4-2-9)13-5-7-17-8-6-13;/h3-10,24-26,32H,1-2,11-19H2,(H,29,34);3-6,14-16,19H,1-2,7-11,17H2;1-4H,5-8H2,(H,15,16);1H4/t25-,26-;15-,16-;;/m11../s1. The van der Waals surface area contributed by atoms with Crippen LogP contribution in [0.2, 0.25) is 0 Å². The molecule has 6 aliphatic rings. The molecule has 2 aliphatic carbocycles. The van der Waals surface area contributed by atoms with Gasteiger partial charge in [0.05, 0.1) is 50.8 Å². The van der Waals surface area contributed by atoms with E-state index in [1.165, 1.54) is 12.8 Å². The Kier molecular flexibility index (Phi) is 20.8. The highest BCUT2D eigenvalue weighted by Crippen LogP contribution is 2.30. The molecule has 4 aromatic rings. The second-order valence-electron chi connectivity index (χ2n) is 19.7. The number of Topliss-reactive ketones (excluding diaryl/α,β-unsaturated/α-hetero) is 2. The fraction of sp³-hybridized carbons (Fsp3) is 0.509. The number of hydrogen-bond donors (Lipinski definition) is 5. The van der Waals surface area contributed by atoms with Crippen LogP contribution in [0.15, 0.2) is 97.1 Å². The third kappa shape index (κ3) is 16.5. The van der Waals surface area contributed by atoms with Crippen LogP contribution in [-0.2, 0) is 19.1 Å². The number of carbonyl (C=O) groups is 4. The van der Waals surface area contributed by atoms with Crippen molar-refractivity contribution in [2.24, 2.45) is 5.73 Å². The predicted molar refractivity (Wildman–Crippen MR) is 283 cm³/mol. The van der Waals surface area contributed by atoms with Gasteiger partial charge in [0.15, 0.2) is 0 Å². The van der Waals surface area contributed by atoms with E-state index in [0.29, 0.717) is 56.3 Å². The largest absolute Gasteiger partial charge is 0.490 e. The molecule has 0 aromatic heterocycles. The van der Waals surface area contributed by atoms with Crippen LogP contribution in [0, 0.1) is 0 Å². The highest BCUT2D eigenvalue weighted by Gasteiger charge is 2.30. The van der Waals surface area contributed by atoms with E-state index in [-0.39, 0.29) is 19.0 Å². The number of nitrogens with two attached hydrogens (primary N) is 1. The number of aliphatic hydroxyl groups excluding tert-OH is 2. The van der Waals surface area contributed by atoms with Crippen LogP contribution in [0.1, 0.15) is 103 Å². The maximum Gasteiger partial charge on any atom is 0.377 e. The van der Waals surface area contributed by atoms with Crippen LogP contribution in [0.3, 0.4) is 0 Å². The molecule has 17 nitrogen and oxygen atoms in total. The van der Waals surface area contributed by atoms with E-state index in [0.717, 1.165) is 126 Å². The molecule has 0 spiro atoms. The fourth-order valence-corrected chi connectivity index (χ4v) is 9.33. The average Bonchev–Trinajstić information content (AvgIpc) is 4.32. The minimum atomic E-state index is -1.43. The molecule has 0 bridgehead atoms. The van der Waals surface area contributed by atoms with Gasteiger partial charge >= 0.3 is 5.97 Å². The number of benzene rings is 4. The maximum absolute atomic E-state index is 13.0. The summed E-state index contributed by atoms with van der Waals surface area (Å²) in [5.74, 6) is -1.94. The summed E-state index contributed by atoms with van der Waals surface area (Å²) in [6.07, 6.45) is 8.32. The Morgan fingerprint density at radius 3 is 1.35 bits per heavy atom. The molecule has 1 amide bonds. The highest BCUT2D eigenvalue weighted by molar-refractivity contribution is 6.43. The number of ether oxygens (including phenoxy) is 4. The Hall–Kier alpha value is -5.92. The van der Waals surface area contributed by atoms with Crippen LogP contribution in [-0.4, -0.2) is 165 Å². The molecular weight excluding hydrogens is 945 g/mol. The van der Waals surface area contributed by atoms with Crippen LogP contribution in [0.25, 0.3) is 0 Å². The number of carbonyl (C=O) groups excluding carboxylic acids is 3. The Labute approximate surface area is 435 Å². The average molecular weight is 1020 g/mol. The first-order valence-corrected chi connectivity index (χ1v) is 26.1. The van der Waals surface area contributed by atoms with Gasteiger partial charge in [0.25, 0.3) is 11.7 Å². The minimum Gasteiger partial charge on any atom is -0.490 e. The molecule has 4 aliphatic heterocycles. The van der Waals surface area contributed by atoms with Crippen molar-refractivity contribution < 1.29 is 53.4 Å². The van der Waals surface area contributed by atoms with Crippen molar-refractivity contribution in [2.75, 3.05) is 102 Å². The van der Waals surface area contributed by atoms with Gasteiger partial charge in [-0.1, -0.05) is 31.7 Å². The monoisotopic (exact) mass is 1020 g/mol. The summed E-state index contributed by atoms with van der Waals surface area (Å²) in [7, 11) is 0. The lowest BCUT2D eigenvalue weighted by atomic mass is 10.0. The number of carboxylic acid groups (broad SMARTS) is 1. The van der Waals surface area contributed by atoms with Crippen molar-refractivity contribution in [3.8, 4) is 11.5 Å². The SMILES string of the molecule is C.N[C@H](CN1CCCC1)[C@H](O)c1ccc(OC2CC2)cc1.O=C(N[C@H](CN1CCCC1)[C@H](O)c1ccc(OC2CC2)cc1)C(=O)c1ccc(N2CCOCC2)cc1.O=C(O)C(=O)c1ccc(N2CCOCC2)cc1. The zero-order valence-electron chi connectivity index (χ0n) is 41.7. The second kappa shape index (κ2) is 27.6. The molecule has 400 valence electrons. The van der Waals surface area contributed by atoms with Crippen LogP contribution >= 0.6 is 0 Å². The first-order valence-electron chi connectivity index (χ1n) is 26.1. The summed E-state index contributed by atoms with van der Waals surface area (Å²) >= 11 is 0. The lowest BCUT2D eigenvalue weighted by Gasteiger charge is -2.29. The number of aliphatic carboxylic acids is 1. The zero-order chi connectivity index (χ0) is 51.1. The number of likely N-dealkylation sites (tertiary alicyclic amines) is 2. The minimum absolute atomic E-state index is 0. The van der Waals surface area contributed by atoms with E-state index < -0.39 is 41.7 Å². The number of anilines is 2. The van der Waals surface area contributed by atoms with Crippen molar-refractivity contribution >= 4 is 34.8 Å². The van der Waals surface area contributed by atoms with Gasteiger partial charge in [-0.05, 0) is 161 Å². The molecule has 4 heterocycles. The number of nitrogens with one attached hydrogen (secondary N) is 1. The molecule has 0 radical (unpaired) electrons. The van der Waals surface area contributed by atoms with Gasteiger partial charge < -0.3 is 64.9 Å². The molecule has 2 saturated carbocycles. The van der Waals surface area contributed by atoms with Crippen molar-refractivity contribution in [1.82, 2.24) is 15.1 Å². The van der Waals surface area contributed by atoms with Gasteiger partial charge in [-0.2, -0.15) is 0 Å². The third-order valence-electron chi connectivity index (χ3n) is 13.9. The Morgan fingerprint density at radius 2 is 0.946 bits per heavy atom. The topological polar surface area (TPSA) is 217 Å². The van der Waals surface area contributed by atoms with Crippen molar-refractivity contribution in [3.63, 3.8) is 0 Å². The second-order valence-corrected chi connectivity index (χ2v) is 19.7. The molecule has 4 atom stereocenters. The number of rotatable bonds is 19. The van der Waals surface area contributed by atoms with Crippen molar-refractivity contribution in [1.29, 1.82) is 0 Å². The number of aliphatic hydroxyl groups is 2. The molecule has 4 aromatic carbocycles. The summed E-state index contributed by atoms with van der Waals surface area (Å²) in [5, 5.41) is 33.0. The molecule has 4 saturated heterocycles. The van der Waals surface area contributed by atoms with E-state index in [4.69, 9.17) is 29.8 Å². The molecule has 74 heavy (non-hydrogen) atoms. The van der Waals surface area contributed by atoms with Crippen LogP contribution in [0.5, 0.6) is 11.5 Å². The first kappa shape index (κ1) is 55.8. The quantitative estimate of drug-likeness (QED) is 0.0565. The molecular formula is C57H76N6O11. The predicted octanol–water partition coefficient (Wildman–Crippen LogP) is 5.67. The lowest BCUT2D eigenvalue weighted by molar-refractivity contribution is -0.131. The molecule has 0 unspecified atom stereocenters. The number of carboxylic acids is 1. The lowest BCUT2D eigenvalue weighted by Crippen LogP contribution is -2.48. The van der Waals surface area contributed by atoms with Crippen molar-refractivity contribution in [2.45, 2.75) is 95.3 Å².